The lowest BCUT2D eigenvalue weighted by molar-refractivity contribution is 0.0563. The minimum absolute atomic E-state index is 0.0176. The Labute approximate surface area is 137 Å². The minimum atomic E-state index is -0.0176. The van der Waals surface area contributed by atoms with Crippen LogP contribution in [0.4, 0.5) is 5.69 Å². The van der Waals surface area contributed by atoms with Crippen LogP contribution in [0.5, 0.6) is 0 Å². The molecule has 1 aromatic carbocycles. The van der Waals surface area contributed by atoms with Crippen LogP contribution in [-0.2, 0) is 6.42 Å². The maximum absolute atomic E-state index is 12.6. The van der Waals surface area contributed by atoms with E-state index in [1.54, 1.807) is 12.4 Å². The zero-order valence-electron chi connectivity index (χ0n) is 14.0. The number of aryl methyl sites for hydroxylation is 1. The lowest BCUT2D eigenvalue weighted by atomic mass is 10.1. The molecule has 2 aromatic rings. The summed E-state index contributed by atoms with van der Waals surface area (Å²) in [4.78, 5) is 23.9. The number of hydrogen-bond acceptors (Lipinski definition) is 3. The molecule has 0 spiro atoms. The predicted molar refractivity (Wildman–Crippen MR) is 91.7 cm³/mol. The Balaban J connectivity index is 1.74. The van der Waals surface area contributed by atoms with E-state index < -0.39 is 0 Å². The molecular weight excluding hydrogens is 288 g/mol. The van der Waals surface area contributed by atoms with Crippen LogP contribution in [0.1, 0.15) is 37.0 Å². The van der Waals surface area contributed by atoms with Crippen molar-refractivity contribution in [3.8, 4) is 0 Å². The number of aromatic amines is 1. The summed E-state index contributed by atoms with van der Waals surface area (Å²) in [5.41, 5.74) is 2.58. The molecule has 0 radical (unpaired) electrons. The van der Waals surface area contributed by atoms with Crippen molar-refractivity contribution in [1.29, 1.82) is 0 Å². The molecule has 0 bridgehead atoms. The fourth-order valence-electron chi connectivity index (χ4n) is 3.38. The largest absolute Gasteiger partial charge is 0.367 e. The first-order valence-corrected chi connectivity index (χ1v) is 8.26. The number of rotatable bonds is 3. The number of nitrogens with zero attached hydrogens (tertiary/aromatic N) is 3. The fraction of sp³-hybridized carbons (Fsp3) is 0.444. The van der Waals surface area contributed by atoms with Crippen LogP contribution >= 0.6 is 0 Å². The monoisotopic (exact) mass is 312 g/mol. The van der Waals surface area contributed by atoms with E-state index in [1.807, 2.05) is 4.90 Å². The summed E-state index contributed by atoms with van der Waals surface area (Å²) in [5.74, 6) is 0.403. The van der Waals surface area contributed by atoms with E-state index in [4.69, 9.17) is 0 Å². The lowest BCUT2D eigenvalue weighted by Crippen LogP contribution is -2.59. The molecule has 1 aliphatic heterocycles. The predicted octanol–water partition coefficient (Wildman–Crippen LogP) is 2.71. The number of anilines is 1. The van der Waals surface area contributed by atoms with Crippen molar-refractivity contribution >= 4 is 11.6 Å². The summed E-state index contributed by atoms with van der Waals surface area (Å²) in [6.07, 6.45) is 4.36. The van der Waals surface area contributed by atoms with E-state index >= 15 is 0 Å². The maximum atomic E-state index is 12.6. The second kappa shape index (κ2) is 6.44. The molecule has 1 aromatic heterocycles. The Morgan fingerprint density at radius 2 is 1.87 bits per heavy atom. The second-order valence-corrected chi connectivity index (χ2v) is 6.27. The van der Waals surface area contributed by atoms with Crippen molar-refractivity contribution in [3.05, 3.63) is 48.0 Å². The van der Waals surface area contributed by atoms with Crippen LogP contribution in [0.25, 0.3) is 0 Å². The van der Waals surface area contributed by atoms with Gasteiger partial charge in [0.2, 0.25) is 0 Å². The van der Waals surface area contributed by atoms with Gasteiger partial charge in [0.25, 0.3) is 5.91 Å². The molecule has 1 N–H and O–H groups in total. The summed E-state index contributed by atoms with van der Waals surface area (Å²) in [5, 5.41) is 0. The molecule has 2 heterocycles. The molecule has 3 rings (SSSR count). The van der Waals surface area contributed by atoms with Crippen molar-refractivity contribution in [2.24, 2.45) is 0 Å². The summed E-state index contributed by atoms with van der Waals surface area (Å²) in [7, 11) is 0. The third kappa shape index (κ3) is 3.09. The van der Waals surface area contributed by atoms with E-state index in [-0.39, 0.29) is 18.0 Å². The van der Waals surface area contributed by atoms with Gasteiger partial charge in [-0.05, 0) is 38.0 Å². The Hall–Kier alpha value is -2.30. The molecular formula is C18H24N4O. The van der Waals surface area contributed by atoms with Gasteiger partial charge in [-0.25, -0.2) is 4.98 Å². The molecule has 122 valence electrons. The van der Waals surface area contributed by atoms with Crippen molar-refractivity contribution in [1.82, 2.24) is 14.9 Å². The number of hydrogen-bond donors (Lipinski definition) is 1. The average Bonchev–Trinajstić information content (AvgIpc) is 3.08. The first kappa shape index (κ1) is 15.6. The Kier molecular flexibility index (Phi) is 4.37. The summed E-state index contributed by atoms with van der Waals surface area (Å²) >= 11 is 0. The van der Waals surface area contributed by atoms with Crippen LogP contribution in [-0.4, -0.2) is 45.9 Å². The number of piperazine rings is 1. The maximum Gasteiger partial charge on any atom is 0.290 e. The number of imidazole rings is 1. The molecule has 5 nitrogen and oxygen atoms in total. The molecule has 23 heavy (non-hydrogen) atoms. The van der Waals surface area contributed by atoms with E-state index in [1.165, 1.54) is 11.3 Å². The van der Waals surface area contributed by atoms with Gasteiger partial charge >= 0.3 is 0 Å². The lowest BCUT2D eigenvalue weighted by Gasteiger charge is -2.45. The van der Waals surface area contributed by atoms with Gasteiger partial charge in [-0.15, -0.1) is 0 Å². The van der Waals surface area contributed by atoms with E-state index in [9.17, 15) is 4.79 Å². The first-order chi connectivity index (χ1) is 11.1. The minimum Gasteiger partial charge on any atom is -0.367 e. The zero-order chi connectivity index (χ0) is 16.4. The van der Waals surface area contributed by atoms with Gasteiger partial charge in [0.1, 0.15) is 0 Å². The van der Waals surface area contributed by atoms with Gasteiger partial charge < -0.3 is 14.8 Å². The summed E-state index contributed by atoms with van der Waals surface area (Å²) in [6, 6.07) is 9.02. The number of H-pyrrole nitrogens is 1. The van der Waals surface area contributed by atoms with E-state index in [0.29, 0.717) is 5.82 Å². The van der Waals surface area contributed by atoms with Crippen LogP contribution in [0.3, 0.4) is 0 Å². The highest BCUT2D eigenvalue weighted by molar-refractivity contribution is 5.91. The molecule has 2 unspecified atom stereocenters. The number of benzene rings is 1. The number of aromatic nitrogens is 2. The van der Waals surface area contributed by atoms with Crippen LogP contribution in [0.15, 0.2) is 36.7 Å². The number of amides is 1. The number of nitrogens with one attached hydrogen (secondary N) is 1. The molecule has 1 amide bonds. The standard InChI is InChI=1S/C18H24N4O/c1-4-15-5-7-16(8-6-15)21-11-13(2)22(14(3)12-21)18(23)17-19-9-10-20-17/h5-10,13-14H,4,11-12H2,1-3H3,(H,19,20). The van der Waals surface area contributed by atoms with Gasteiger partial charge in [0.15, 0.2) is 5.82 Å². The fourth-order valence-corrected chi connectivity index (χ4v) is 3.38. The summed E-state index contributed by atoms with van der Waals surface area (Å²) in [6.45, 7) is 8.04. The third-order valence-corrected chi connectivity index (χ3v) is 4.56. The van der Waals surface area contributed by atoms with Crippen molar-refractivity contribution < 1.29 is 4.79 Å². The third-order valence-electron chi connectivity index (χ3n) is 4.56. The molecule has 1 fully saturated rings. The Bertz CT molecular complexity index is 638. The molecule has 0 aliphatic carbocycles. The highest BCUT2D eigenvalue weighted by Crippen LogP contribution is 2.24. The van der Waals surface area contributed by atoms with Gasteiger partial charge in [-0.3, -0.25) is 4.79 Å². The molecule has 2 atom stereocenters. The zero-order valence-corrected chi connectivity index (χ0v) is 14.0. The van der Waals surface area contributed by atoms with Gasteiger partial charge in [-0.2, -0.15) is 0 Å². The average molecular weight is 312 g/mol. The topological polar surface area (TPSA) is 52.2 Å². The molecule has 1 saturated heterocycles. The SMILES string of the molecule is CCc1ccc(N2CC(C)N(C(=O)c3ncc[nH]3)C(C)C2)cc1. The summed E-state index contributed by atoms with van der Waals surface area (Å²) < 4.78 is 0. The van der Waals surface area contributed by atoms with E-state index in [2.05, 4.69) is 59.9 Å². The van der Waals surface area contributed by atoms with Crippen LogP contribution in [0, 0.1) is 0 Å². The highest BCUT2D eigenvalue weighted by atomic mass is 16.2. The molecule has 1 aliphatic rings. The number of carbonyl (C=O) groups is 1. The quantitative estimate of drug-likeness (QED) is 0.948. The van der Waals surface area contributed by atoms with Crippen LogP contribution in [0.2, 0.25) is 0 Å². The van der Waals surface area contributed by atoms with Gasteiger partial charge in [0.05, 0.1) is 0 Å². The van der Waals surface area contributed by atoms with Gasteiger partial charge in [0, 0.05) is 43.3 Å². The Morgan fingerprint density at radius 3 is 2.39 bits per heavy atom. The van der Waals surface area contributed by atoms with Crippen LogP contribution < -0.4 is 4.90 Å². The Morgan fingerprint density at radius 1 is 1.22 bits per heavy atom. The van der Waals surface area contributed by atoms with Crippen molar-refractivity contribution in [2.75, 3.05) is 18.0 Å². The molecule has 0 saturated carbocycles. The van der Waals surface area contributed by atoms with Crippen molar-refractivity contribution in [3.63, 3.8) is 0 Å². The first-order valence-electron chi connectivity index (χ1n) is 8.26. The molecule has 5 heteroatoms. The second-order valence-electron chi connectivity index (χ2n) is 6.27. The number of carbonyl (C=O) groups excluding carboxylic acids is 1. The van der Waals surface area contributed by atoms with Crippen molar-refractivity contribution in [2.45, 2.75) is 39.3 Å². The van der Waals surface area contributed by atoms with E-state index in [0.717, 1.165) is 19.5 Å². The smallest absolute Gasteiger partial charge is 0.290 e. The normalized spacial score (nSPS) is 21.5. The highest BCUT2D eigenvalue weighted by Gasteiger charge is 2.34. The van der Waals surface area contributed by atoms with Gasteiger partial charge in [-0.1, -0.05) is 19.1 Å².